The van der Waals surface area contributed by atoms with Gasteiger partial charge in [-0.25, -0.2) is 4.99 Å². The molecular formula is C16H27N3S. The lowest BCUT2D eigenvalue weighted by atomic mass is 10.1. The summed E-state index contributed by atoms with van der Waals surface area (Å²) in [6.07, 6.45) is 2.14. The summed E-state index contributed by atoms with van der Waals surface area (Å²) >= 11 is 1.86. The Hall–Kier alpha value is -1.16. The van der Waals surface area contributed by atoms with E-state index in [4.69, 9.17) is 0 Å². The van der Waals surface area contributed by atoms with Gasteiger partial charge >= 0.3 is 0 Å². The van der Waals surface area contributed by atoms with Crippen LogP contribution in [0.3, 0.4) is 0 Å². The minimum atomic E-state index is 0.207. The van der Waals surface area contributed by atoms with E-state index in [1.165, 1.54) is 11.1 Å². The first-order valence-corrected chi connectivity index (χ1v) is 8.33. The zero-order valence-electron chi connectivity index (χ0n) is 13.3. The Bertz CT molecular complexity index is 441. The topological polar surface area (TPSA) is 36.4 Å². The van der Waals surface area contributed by atoms with Crippen LogP contribution in [0.15, 0.2) is 29.3 Å². The van der Waals surface area contributed by atoms with Crippen molar-refractivity contribution in [2.75, 3.05) is 19.3 Å². The smallest absolute Gasteiger partial charge is 0.191 e. The van der Waals surface area contributed by atoms with Crippen LogP contribution in [0.5, 0.6) is 0 Å². The number of rotatable bonds is 6. The third kappa shape index (κ3) is 5.87. The molecule has 0 atom stereocenters. The molecule has 2 N–H and O–H groups in total. The molecule has 0 radical (unpaired) electrons. The van der Waals surface area contributed by atoms with Gasteiger partial charge in [0.05, 0.1) is 6.54 Å². The first-order valence-electron chi connectivity index (χ1n) is 7.10. The lowest BCUT2D eigenvalue weighted by Gasteiger charge is -2.23. The van der Waals surface area contributed by atoms with Crippen molar-refractivity contribution in [1.29, 1.82) is 0 Å². The van der Waals surface area contributed by atoms with E-state index >= 15 is 0 Å². The molecule has 0 unspecified atom stereocenters. The van der Waals surface area contributed by atoms with E-state index < -0.39 is 0 Å². The maximum absolute atomic E-state index is 4.67. The molecule has 112 valence electrons. The lowest BCUT2D eigenvalue weighted by molar-refractivity contribution is 0.665. The van der Waals surface area contributed by atoms with E-state index in [0.29, 0.717) is 6.54 Å². The second-order valence-corrected chi connectivity index (χ2v) is 6.95. The number of nitrogens with one attached hydrogen (secondary N) is 2. The molecule has 1 rings (SSSR count). The highest BCUT2D eigenvalue weighted by Crippen LogP contribution is 2.19. The van der Waals surface area contributed by atoms with Crippen molar-refractivity contribution in [2.24, 2.45) is 4.99 Å². The Labute approximate surface area is 127 Å². The highest BCUT2D eigenvalue weighted by molar-refractivity contribution is 7.99. The van der Waals surface area contributed by atoms with Crippen molar-refractivity contribution < 1.29 is 0 Å². The number of aryl methyl sites for hydroxylation is 1. The van der Waals surface area contributed by atoms with Crippen molar-refractivity contribution in [2.45, 2.75) is 39.0 Å². The number of thioether (sulfide) groups is 1. The molecule has 0 amide bonds. The third-order valence-corrected chi connectivity index (χ3v) is 4.50. The Morgan fingerprint density at radius 2 is 1.95 bits per heavy atom. The van der Waals surface area contributed by atoms with Crippen LogP contribution in [-0.2, 0) is 6.54 Å². The van der Waals surface area contributed by atoms with Gasteiger partial charge in [0.1, 0.15) is 0 Å². The Kier molecular flexibility index (Phi) is 6.93. The maximum Gasteiger partial charge on any atom is 0.191 e. The fraction of sp³-hybridized carbons (Fsp3) is 0.562. The van der Waals surface area contributed by atoms with Crippen LogP contribution in [0.1, 0.15) is 31.9 Å². The molecule has 4 heteroatoms. The van der Waals surface area contributed by atoms with E-state index in [0.717, 1.165) is 19.0 Å². The van der Waals surface area contributed by atoms with Gasteiger partial charge in [0.15, 0.2) is 5.96 Å². The van der Waals surface area contributed by atoms with Crippen LogP contribution < -0.4 is 10.6 Å². The van der Waals surface area contributed by atoms with Crippen LogP contribution in [-0.4, -0.2) is 30.1 Å². The zero-order chi connectivity index (χ0) is 15.0. The molecule has 1 aromatic rings. The van der Waals surface area contributed by atoms with Crippen LogP contribution >= 0.6 is 11.8 Å². The van der Waals surface area contributed by atoms with Crippen LogP contribution in [0.2, 0.25) is 0 Å². The summed E-state index contributed by atoms with van der Waals surface area (Å²) in [6, 6.07) is 8.39. The molecule has 3 nitrogen and oxygen atoms in total. The molecule has 0 aliphatic rings. The minimum Gasteiger partial charge on any atom is -0.357 e. The van der Waals surface area contributed by atoms with Crippen molar-refractivity contribution in [1.82, 2.24) is 10.6 Å². The average molecular weight is 293 g/mol. The van der Waals surface area contributed by atoms with Gasteiger partial charge in [-0.2, -0.15) is 11.8 Å². The van der Waals surface area contributed by atoms with Crippen LogP contribution in [0.25, 0.3) is 0 Å². The second kappa shape index (κ2) is 8.20. The van der Waals surface area contributed by atoms with Gasteiger partial charge in [0.25, 0.3) is 0 Å². The highest BCUT2D eigenvalue weighted by atomic mass is 32.2. The number of aliphatic imine (C=N–C) groups is 1. The van der Waals surface area contributed by atoms with Gasteiger partial charge < -0.3 is 10.6 Å². The molecule has 0 aliphatic carbocycles. The first kappa shape index (κ1) is 16.9. The summed E-state index contributed by atoms with van der Waals surface area (Å²) in [5, 5.41) is 6.72. The van der Waals surface area contributed by atoms with Gasteiger partial charge in [-0.3, -0.25) is 0 Å². The fourth-order valence-electron chi connectivity index (χ4n) is 1.66. The van der Waals surface area contributed by atoms with Crippen molar-refractivity contribution in [3.63, 3.8) is 0 Å². The van der Waals surface area contributed by atoms with Crippen molar-refractivity contribution in [3.05, 3.63) is 35.4 Å². The van der Waals surface area contributed by atoms with Gasteiger partial charge in [-0.05, 0) is 45.1 Å². The van der Waals surface area contributed by atoms with E-state index in [1.54, 1.807) is 0 Å². The molecule has 0 saturated carbocycles. The molecule has 0 aromatic heterocycles. The number of hydrogen-bond donors (Lipinski definition) is 2. The van der Waals surface area contributed by atoms with Gasteiger partial charge in [0, 0.05) is 17.8 Å². The SMILES string of the molecule is CCNC(=NCc1ccccc1C)NCC(C)(C)SC. The summed E-state index contributed by atoms with van der Waals surface area (Å²) < 4.78 is 0.207. The molecule has 0 bridgehead atoms. The van der Waals surface area contributed by atoms with E-state index in [9.17, 15) is 0 Å². The van der Waals surface area contributed by atoms with Crippen molar-refractivity contribution in [3.8, 4) is 0 Å². The fourth-order valence-corrected chi connectivity index (χ4v) is 1.88. The Balaban J connectivity index is 2.66. The predicted molar refractivity (Wildman–Crippen MR) is 91.6 cm³/mol. The number of benzene rings is 1. The molecule has 0 aliphatic heterocycles. The molecular weight excluding hydrogens is 266 g/mol. The standard InChI is InChI=1S/C16H27N3S/c1-6-17-15(19-12-16(3,4)20-5)18-11-14-10-8-7-9-13(14)2/h7-10H,6,11-12H2,1-5H3,(H2,17,18,19). The summed E-state index contributed by atoms with van der Waals surface area (Å²) in [4.78, 5) is 4.67. The van der Waals surface area contributed by atoms with Crippen LogP contribution in [0, 0.1) is 6.92 Å². The van der Waals surface area contributed by atoms with E-state index in [2.05, 4.69) is 73.8 Å². The molecule has 20 heavy (non-hydrogen) atoms. The number of hydrogen-bond acceptors (Lipinski definition) is 2. The predicted octanol–water partition coefficient (Wildman–Crippen LogP) is 3.19. The normalized spacial score (nSPS) is 12.3. The summed E-state index contributed by atoms with van der Waals surface area (Å²) in [5.41, 5.74) is 2.56. The quantitative estimate of drug-likeness (QED) is 0.625. The van der Waals surface area contributed by atoms with E-state index in [-0.39, 0.29) is 4.75 Å². The molecule has 1 aromatic carbocycles. The maximum atomic E-state index is 4.67. The summed E-state index contributed by atoms with van der Waals surface area (Å²) in [7, 11) is 0. The largest absolute Gasteiger partial charge is 0.357 e. The molecule has 0 spiro atoms. The second-order valence-electron chi connectivity index (χ2n) is 5.44. The number of nitrogens with zero attached hydrogens (tertiary/aromatic N) is 1. The minimum absolute atomic E-state index is 0.207. The third-order valence-electron chi connectivity index (χ3n) is 3.25. The summed E-state index contributed by atoms with van der Waals surface area (Å²) in [5.74, 6) is 0.887. The van der Waals surface area contributed by atoms with Gasteiger partial charge in [0.2, 0.25) is 0 Å². The summed E-state index contributed by atoms with van der Waals surface area (Å²) in [6.45, 7) is 11.2. The molecule has 0 saturated heterocycles. The number of guanidine groups is 1. The lowest BCUT2D eigenvalue weighted by Crippen LogP contribution is -2.43. The first-order chi connectivity index (χ1) is 9.48. The Morgan fingerprint density at radius 1 is 1.25 bits per heavy atom. The van der Waals surface area contributed by atoms with Crippen LogP contribution in [0.4, 0.5) is 0 Å². The van der Waals surface area contributed by atoms with Gasteiger partial charge in [-0.15, -0.1) is 0 Å². The average Bonchev–Trinajstić information content (AvgIpc) is 2.43. The van der Waals surface area contributed by atoms with Gasteiger partial charge in [-0.1, -0.05) is 24.3 Å². The van der Waals surface area contributed by atoms with E-state index in [1.807, 2.05) is 11.8 Å². The molecule has 0 fully saturated rings. The van der Waals surface area contributed by atoms with Crippen molar-refractivity contribution >= 4 is 17.7 Å². The molecule has 0 heterocycles. The Morgan fingerprint density at radius 3 is 2.55 bits per heavy atom. The zero-order valence-corrected chi connectivity index (χ0v) is 14.1. The highest BCUT2D eigenvalue weighted by Gasteiger charge is 2.15. The monoisotopic (exact) mass is 293 g/mol.